The number of nitrogens with two attached hydrogens (primary N) is 1. The maximum Gasteiger partial charge on any atom is 0.110 e. The Morgan fingerprint density at radius 1 is 1.44 bits per heavy atom. The molecule has 0 spiro atoms. The van der Waals surface area contributed by atoms with E-state index in [1.54, 1.807) is 0 Å². The second-order valence-corrected chi connectivity index (χ2v) is 6.52. The highest BCUT2D eigenvalue weighted by Crippen LogP contribution is 2.28. The van der Waals surface area contributed by atoms with Crippen LogP contribution in [-0.2, 0) is 13.0 Å². The molecule has 2 rings (SSSR count). The van der Waals surface area contributed by atoms with E-state index < -0.39 is 0 Å². The first-order valence-corrected chi connectivity index (χ1v) is 8.21. The lowest BCUT2D eigenvalue weighted by molar-refractivity contribution is 0.515. The van der Waals surface area contributed by atoms with Gasteiger partial charge in [0.1, 0.15) is 5.82 Å². The first kappa shape index (κ1) is 13.9. The molecule has 18 heavy (non-hydrogen) atoms. The summed E-state index contributed by atoms with van der Waals surface area (Å²) in [6.07, 6.45) is 11.8. The molecule has 0 aromatic carbocycles. The molecule has 4 heteroatoms. The highest BCUT2D eigenvalue weighted by Gasteiger charge is 2.16. The molecule has 1 heterocycles. The summed E-state index contributed by atoms with van der Waals surface area (Å²) >= 11 is 2.08. The van der Waals surface area contributed by atoms with Crippen LogP contribution in [0.1, 0.15) is 44.9 Å². The number of nitrogens with zero attached hydrogens (tertiary/aromatic N) is 2. The number of thioether (sulfide) groups is 1. The second-order valence-electron chi connectivity index (χ2n) is 5.19. The fourth-order valence-corrected chi connectivity index (χ4v) is 3.91. The summed E-state index contributed by atoms with van der Waals surface area (Å²) in [5.74, 6) is 2.20. The second kappa shape index (κ2) is 7.19. The van der Waals surface area contributed by atoms with Crippen molar-refractivity contribution in [3.63, 3.8) is 0 Å². The highest BCUT2D eigenvalue weighted by molar-refractivity contribution is 7.99. The molecule has 102 valence electrons. The normalized spacial score (nSPS) is 19.0. The average molecular weight is 267 g/mol. The third-order valence-electron chi connectivity index (χ3n) is 3.69. The number of aryl methyl sites for hydroxylation is 1. The van der Waals surface area contributed by atoms with Crippen molar-refractivity contribution in [2.45, 2.75) is 63.3 Å². The summed E-state index contributed by atoms with van der Waals surface area (Å²) in [7, 11) is 0. The fourth-order valence-electron chi connectivity index (χ4n) is 2.60. The summed E-state index contributed by atoms with van der Waals surface area (Å²) in [4.78, 5) is 4.40. The van der Waals surface area contributed by atoms with Crippen LogP contribution in [-0.4, -0.2) is 26.6 Å². The van der Waals surface area contributed by atoms with Crippen LogP contribution in [0.25, 0.3) is 0 Å². The van der Waals surface area contributed by atoms with Crippen LogP contribution < -0.4 is 5.73 Å². The number of hydrogen-bond acceptors (Lipinski definition) is 3. The van der Waals surface area contributed by atoms with Crippen molar-refractivity contribution in [2.24, 2.45) is 5.73 Å². The average Bonchev–Trinajstić information content (AvgIpc) is 2.85. The minimum atomic E-state index is 0.240. The number of hydrogen-bond donors (Lipinski definition) is 1. The first-order chi connectivity index (χ1) is 8.79. The largest absolute Gasteiger partial charge is 0.335 e. The molecule has 1 unspecified atom stereocenters. The molecule has 2 N–H and O–H groups in total. The smallest absolute Gasteiger partial charge is 0.110 e. The molecule has 1 atom stereocenters. The van der Waals surface area contributed by atoms with Crippen molar-refractivity contribution in [3.05, 3.63) is 18.2 Å². The molecule has 0 bridgehead atoms. The summed E-state index contributed by atoms with van der Waals surface area (Å²) in [5, 5.41) is 0.857. The Bertz CT molecular complexity index is 345. The van der Waals surface area contributed by atoms with Gasteiger partial charge in [0.25, 0.3) is 0 Å². The van der Waals surface area contributed by atoms with E-state index in [2.05, 4.69) is 28.2 Å². The maximum atomic E-state index is 6.23. The van der Waals surface area contributed by atoms with Crippen LogP contribution >= 0.6 is 11.8 Å². The van der Waals surface area contributed by atoms with Gasteiger partial charge in [-0.2, -0.15) is 11.8 Å². The zero-order chi connectivity index (χ0) is 12.8. The van der Waals surface area contributed by atoms with E-state index in [-0.39, 0.29) is 6.04 Å². The summed E-state index contributed by atoms with van der Waals surface area (Å²) in [5.41, 5.74) is 6.23. The van der Waals surface area contributed by atoms with Crippen molar-refractivity contribution in [3.8, 4) is 0 Å². The van der Waals surface area contributed by atoms with E-state index in [0.717, 1.165) is 29.8 Å². The van der Waals surface area contributed by atoms with E-state index >= 15 is 0 Å². The summed E-state index contributed by atoms with van der Waals surface area (Å²) in [6, 6.07) is 0.240. The predicted molar refractivity (Wildman–Crippen MR) is 78.9 cm³/mol. The van der Waals surface area contributed by atoms with E-state index in [1.165, 1.54) is 32.1 Å². The monoisotopic (exact) mass is 267 g/mol. The van der Waals surface area contributed by atoms with Crippen molar-refractivity contribution in [1.82, 2.24) is 9.55 Å². The van der Waals surface area contributed by atoms with Gasteiger partial charge < -0.3 is 10.3 Å². The van der Waals surface area contributed by atoms with Crippen LogP contribution in [0.2, 0.25) is 0 Å². The first-order valence-electron chi connectivity index (χ1n) is 7.16. The Kier molecular flexibility index (Phi) is 5.57. The molecule has 1 fully saturated rings. The van der Waals surface area contributed by atoms with Gasteiger partial charge in [-0.3, -0.25) is 0 Å². The Morgan fingerprint density at radius 3 is 2.94 bits per heavy atom. The predicted octanol–water partition coefficient (Wildman–Crippen LogP) is 2.84. The Morgan fingerprint density at radius 2 is 2.22 bits per heavy atom. The lowest BCUT2D eigenvalue weighted by atomic mass is 10.0. The lowest BCUT2D eigenvalue weighted by Gasteiger charge is -2.22. The Balaban J connectivity index is 1.72. The molecule has 1 aromatic heterocycles. The molecular weight excluding hydrogens is 242 g/mol. The van der Waals surface area contributed by atoms with Gasteiger partial charge in [-0.05, 0) is 19.8 Å². The number of rotatable bonds is 6. The van der Waals surface area contributed by atoms with Crippen LogP contribution in [0.5, 0.6) is 0 Å². The number of imidazole rings is 1. The minimum absolute atomic E-state index is 0.240. The van der Waals surface area contributed by atoms with Gasteiger partial charge in [-0.15, -0.1) is 0 Å². The third-order valence-corrected chi connectivity index (χ3v) is 5.25. The zero-order valence-electron chi connectivity index (χ0n) is 11.3. The summed E-state index contributed by atoms with van der Waals surface area (Å²) in [6.45, 7) is 3.13. The zero-order valence-corrected chi connectivity index (χ0v) is 12.2. The SMILES string of the molecule is CCn1ccnc1CC(N)CSC1CCCCC1. The van der Waals surface area contributed by atoms with E-state index in [9.17, 15) is 0 Å². The van der Waals surface area contributed by atoms with Crippen molar-refractivity contribution in [2.75, 3.05) is 5.75 Å². The topological polar surface area (TPSA) is 43.8 Å². The van der Waals surface area contributed by atoms with Gasteiger partial charge in [-0.1, -0.05) is 19.3 Å². The van der Waals surface area contributed by atoms with Gasteiger partial charge in [0.05, 0.1) is 0 Å². The van der Waals surface area contributed by atoms with Crippen LogP contribution in [0.15, 0.2) is 12.4 Å². The molecule has 0 saturated heterocycles. The minimum Gasteiger partial charge on any atom is -0.335 e. The Labute approximate surface area is 115 Å². The van der Waals surface area contributed by atoms with E-state index in [4.69, 9.17) is 5.73 Å². The van der Waals surface area contributed by atoms with Crippen molar-refractivity contribution < 1.29 is 0 Å². The van der Waals surface area contributed by atoms with Gasteiger partial charge in [0.2, 0.25) is 0 Å². The van der Waals surface area contributed by atoms with Gasteiger partial charge in [0, 0.05) is 42.4 Å². The van der Waals surface area contributed by atoms with Gasteiger partial charge >= 0.3 is 0 Å². The molecule has 0 radical (unpaired) electrons. The van der Waals surface area contributed by atoms with Crippen LogP contribution in [0, 0.1) is 0 Å². The molecule has 1 aliphatic rings. The molecule has 0 amide bonds. The summed E-state index contributed by atoms with van der Waals surface area (Å²) < 4.78 is 2.19. The molecule has 1 aromatic rings. The Hall–Kier alpha value is -0.480. The number of aromatic nitrogens is 2. The van der Waals surface area contributed by atoms with Crippen LogP contribution in [0.3, 0.4) is 0 Å². The molecular formula is C14H25N3S. The maximum absolute atomic E-state index is 6.23. The van der Waals surface area contributed by atoms with E-state index in [0.29, 0.717) is 0 Å². The van der Waals surface area contributed by atoms with Crippen molar-refractivity contribution in [1.29, 1.82) is 0 Å². The third kappa shape index (κ3) is 4.02. The molecule has 0 aliphatic heterocycles. The van der Waals surface area contributed by atoms with Gasteiger partial charge in [-0.25, -0.2) is 4.98 Å². The lowest BCUT2D eigenvalue weighted by Crippen LogP contribution is -2.28. The standard InChI is InChI=1S/C14H25N3S/c1-2-17-9-8-16-14(17)10-12(15)11-18-13-6-4-3-5-7-13/h8-9,12-13H,2-7,10-11,15H2,1H3. The highest BCUT2D eigenvalue weighted by atomic mass is 32.2. The van der Waals surface area contributed by atoms with Gasteiger partial charge in [0.15, 0.2) is 0 Å². The van der Waals surface area contributed by atoms with Crippen molar-refractivity contribution >= 4 is 11.8 Å². The van der Waals surface area contributed by atoms with E-state index in [1.807, 2.05) is 12.4 Å². The van der Waals surface area contributed by atoms with Crippen LogP contribution in [0.4, 0.5) is 0 Å². The molecule has 3 nitrogen and oxygen atoms in total. The quantitative estimate of drug-likeness (QED) is 0.862. The molecule has 1 aliphatic carbocycles. The molecule has 1 saturated carbocycles. The fraction of sp³-hybridized carbons (Fsp3) is 0.786.